The Bertz CT molecular complexity index is 852. The summed E-state index contributed by atoms with van der Waals surface area (Å²) in [5.41, 5.74) is -6.94. The van der Waals surface area contributed by atoms with E-state index in [0.29, 0.717) is 5.75 Å². The van der Waals surface area contributed by atoms with Gasteiger partial charge >= 0.3 is 0 Å². The lowest BCUT2D eigenvalue weighted by Gasteiger charge is -2.77. The summed E-state index contributed by atoms with van der Waals surface area (Å²) in [6.07, 6.45) is -0.248. The van der Waals surface area contributed by atoms with E-state index in [1.165, 1.54) is 13.2 Å². The first-order chi connectivity index (χ1) is 12.1. The topological polar surface area (TPSA) is 38.3 Å². The van der Waals surface area contributed by atoms with Crippen molar-refractivity contribution in [1.82, 2.24) is 5.32 Å². The van der Waals surface area contributed by atoms with Crippen molar-refractivity contribution in [3.63, 3.8) is 0 Å². The molecule has 1 aromatic rings. The second-order valence-electron chi connectivity index (χ2n) is 8.68. The average Bonchev–Trinajstić information content (AvgIpc) is 2.94. The minimum Gasteiger partial charge on any atom is -0.497 e. The van der Waals surface area contributed by atoms with Crippen molar-refractivity contribution in [3.05, 3.63) is 28.8 Å². The summed E-state index contributed by atoms with van der Waals surface area (Å²) in [6.45, 7) is 0.0579. The highest BCUT2D eigenvalue weighted by atomic mass is 35.5. The maximum Gasteiger partial charge on any atom is 0.252 e. The number of alkyl halides is 3. The number of benzene rings is 1. The van der Waals surface area contributed by atoms with E-state index in [-0.39, 0.29) is 49.2 Å². The maximum absolute atomic E-state index is 15.2. The van der Waals surface area contributed by atoms with Crippen LogP contribution < -0.4 is 10.1 Å². The fourth-order valence-electron chi connectivity index (χ4n) is 6.91. The molecule has 0 radical (unpaired) electrons. The predicted octanol–water partition coefficient (Wildman–Crippen LogP) is 4.18. The monoisotopic (exact) mass is 385 g/mol. The molecule has 4 fully saturated rings. The molecular weight excluding hydrogens is 367 g/mol. The first kappa shape index (κ1) is 16.7. The third kappa shape index (κ3) is 1.62. The Balaban J connectivity index is 1.40. The van der Waals surface area contributed by atoms with Gasteiger partial charge < -0.3 is 10.1 Å². The average molecular weight is 386 g/mol. The van der Waals surface area contributed by atoms with E-state index in [9.17, 15) is 4.79 Å². The Morgan fingerprint density at radius 2 is 1.88 bits per heavy atom. The molecule has 1 spiro atoms. The molecule has 5 rings (SSSR count). The molecule has 4 aliphatic carbocycles. The Labute approximate surface area is 154 Å². The van der Waals surface area contributed by atoms with Gasteiger partial charge in [0, 0.05) is 30.2 Å². The molecule has 140 valence electrons. The first-order valence-electron chi connectivity index (χ1n) is 8.80. The molecule has 1 N–H and O–H groups in total. The van der Waals surface area contributed by atoms with Crippen LogP contribution in [0.5, 0.6) is 5.75 Å². The smallest absolute Gasteiger partial charge is 0.252 e. The van der Waals surface area contributed by atoms with Crippen molar-refractivity contribution in [2.75, 3.05) is 13.7 Å². The van der Waals surface area contributed by atoms with Crippen molar-refractivity contribution in [1.29, 1.82) is 0 Å². The molecule has 5 unspecified atom stereocenters. The van der Waals surface area contributed by atoms with Crippen LogP contribution in [0.15, 0.2) is 18.2 Å². The fraction of sp³-hybridized carbons (Fsp3) is 0.632. The lowest BCUT2D eigenvalue weighted by Crippen LogP contribution is -2.84. The number of rotatable bonds is 4. The largest absolute Gasteiger partial charge is 0.497 e. The van der Waals surface area contributed by atoms with Crippen LogP contribution in [0.3, 0.4) is 0 Å². The van der Waals surface area contributed by atoms with Gasteiger partial charge in [0.15, 0.2) is 0 Å². The van der Waals surface area contributed by atoms with Crippen molar-refractivity contribution in [2.45, 2.75) is 49.1 Å². The molecule has 4 saturated carbocycles. The van der Waals surface area contributed by atoms with Crippen molar-refractivity contribution in [2.24, 2.45) is 10.8 Å². The van der Waals surface area contributed by atoms with Gasteiger partial charge in [-0.05, 0) is 37.5 Å². The van der Waals surface area contributed by atoms with Crippen LogP contribution in [0.2, 0.25) is 5.02 Å². The molecule has 5 atom stereocenters. The van der Waals surface area contributed by atoms with E-state index >= 15 is 13.2 Å². The van der Waals surface area contributed by atoms with Gasteiger partial charge in [0.1, 0.15) is 22.8 Å². The van der Waals surface area contributed by atoms with Gasteiger partial charge in [-0.3, -0.25) is 4.79 Å². The van der Waals surface area contributed by atoms with E-state index < -0.39 is 33.7 Å². The van der Waals surface area contributed by atoms with E-state index in [2.05, 4.69) is 5.32 Å². The van der Waals surface area contributed by atoms with Gasteiger partial charge in [0.05, 0.1) is 17.7 Å². The summed E-state index contributed by atoms with van der Waals surface area (Å²) in [7, 11) is 1.48. The zero-order valence-electron chi connectivity index (χ0n) is 14.3. The van der Waals surface area contributed by atoms with Gasteiger partial charge in [0.2, 0.25) is 0 Å². The number of hydrogen-bond acceptors (Lipinski definition) is 2. The van der Waals surface area contributed by atoms with Gasteiger partial charge in [-0.25, -0.2) is 13.2 Å². The summed E-state index contributed by atoms with van der Waals surface area (Å²) in [4.78, 5) is 12.6. The maximum atomic E-state index is 15.2. The first-order valence-corrected chi connectivity index (χ1v) is 9.18. The van der Waals surface area contributed by atoms with Crippen LogP contribution >= 0.6 is 11.6 Å². The summed E-state index contributed by atoms with van der Waals surface area (Å²) in [6, 6.07) is 4.69. The molecule has 1 aromatic carbocycles. The summed E-state index contributed by atoms with van der Waals surface area (Å²) in [5, 5.41) is 3.00. The number of amides is 1. The number of hydrogen-bond donors (Lipinski definition) is 1. The second-order valence-corrected chi connectivity index (χ2v) is 9.09. The number of fused-ring (bicyclic) bond motifs is 1. The van der Waals surface area contributed by atoms with Crippen molar-refractivity contribution >= 4 is 17.5 Å². The molecule has 4 aliphatic rings. The van der Waals surface area contributed by atoms with Gasteiger partial charge in [-0.1, -0.05) is 11.6 Å². The lowest BCUT2D eigenvalue weighted by molar-refractivity contribution is -0.360. The number of methoxy groups -OCH3 is 1. The molecule has 3 nitrogen and oxygen atoms in total. The van der Waals surface area contributed by atoms with Crippen LogP contribution in [0.1, 0.15) is 42.5 Å². The van der Waals surface area contributed by atoms with E-state index in [1.807, 2.05) is 0 Å². The molecule has 0 saturated heterocycles. The molecule has 1 amide bonds. The Hall–Kier alpha value is -1.43. The number of nitrogens with one attached hydrogen (secondary N) is 1. The molecule has 0 aliphatic heterocycles. The van der Waals surface area contributed by atoms with Crippen LogP contribution in [-0.2, 0) is 0 Å². The molecule has 0 heterocycles. The normalized spacial score (nSPS) is 47.0. The van der Waals surface area contributed by atoms with Crippen LogP contribution in [0.4, 0.5) is 13.2 Å². The van der Waals surface area contributed by atoms with E-state index in [0.717, 1.165) is 0 Å². The van der Waals surface area contributed by atoms with Crippen LogP contribution in [-0.4, -0.2) is 36.6 Å². The zero-order chi connectivity index (χ0) is 18.6. The highest BCUT2D eigenvalue weighted by Crippen LogP contribution is 2.92. The highest BCUT2D eigenvalue weighted by molar-refractivity contribution is 6.33. The van der Waals surface area contributed by atoms with Crippen molar-refractivity contribution < 1.29 is 22.7 Å². The number of ether oxygens (including phenoxy) is 1. The zero-order valence-corrected chi connectivity index (χ0v) is 15.1. The summed E-state index contributed by atoms with van der Waals surface area (Å²) >= 11 is 6.08. The number of carbonyl (C=O) groups excluding carboxylic acids is 1. The molecule has 26 heavy (non-hydrogen) atoms. The Morgan fingerprint density at radius 1 is 1.15 bits per heavy atom. The van der Waals surface area contributed by atoms with Crippen LogP contribution in [0, 0.1) is 10.8 Å². The molecular formula is C19H19ClF3NO2. The Kier molecular flexibility index (Phi) is 2.90. The van der Waals surface area contributed by atoms with Gasteiger partial charge in [-0.2, -0.15) is 0 Å². The van der Waals surface area contributed by atoms with Gasteiger partial charge in [0.25, 0.3) is 5.91 Å². The summed E-state index contributed by atoms with van der Waals surface area (Å²) in [5.74, 6) is 0.0302. The molecule has 2 bridgehead atoms. The highest BCUT2D eigenvalue weighted by Gasteiger charge is 2.97. The lowest BCUT2D eigenvalue weighted by atomic mass is 9.29. The van der Waals surface area contributed by atoms with E-state index in [4.69, 9.17) is 16.3 Å². The second kappa shape index (κ2) is 4.51. The predicted molar refractivity (Wildman–Crippen MR) is 89.8 cm³/mol. The number of halogens is 4. The SMILES string of the molecule is COc1ccc(Cl)c(C(=O)NCC23CC4(F)CC5(F)CC(F)(C2)C53C4)c1. The standard InChI is InChI=1S/C19H19ClF3NO2/c1-26-11-2-3-13(20)12(4-11)14(25)24-10-15-5-16(21)7-18(23)9-17(22,6-15)19(15,18)8-16/h2-4H,5-10H2,1H3,(H,24,25). The van der Waals surface area contributed by atoms with E-state index in [1.54, 1.807) is 12.1 Å². The Morgan fingerprint density at radius 3 is 2.54 bits per heavy atom. The van der Waals surface area contributed by atoms with Crippen LogP contribution in [0.25, 0.3) is 0 Å². The third-order valence-electron chi connectivity index (χ3n) is 7.45. The van der Waals surface area contributed by atoms with Gasteiger partial charge in [-0.15, -0.1) is 0 Å². The number of carbonyl (C=O) groups is 1. The summed E-state index contributed by atoms with van der Waals surface area (Å²) < 4.78 is 50.3. The van der Waals surface area contributed by atoms with Crippen molar-refractivity contribution in [3.8, 4) is 5.75 Å². The quantitative estimate of drug-likeness (QED) is 0.844. The molecule has 7 heteroatoms. The minimum atomic E-state index is -1.77. The molecule has 0 aromatic heterocycles. The minimum absolute atomic E-state index is 0.0579. The fourth-order valence-corrected chi connectivity index (χ4v) is 7.12. The third-order valence-corrected chi connectivity index (χ3v) is 7.78.